The maximum atomic E-state index is 13.5. The molecule has 0 fully saturated rings. The summed E-state index contributed by atoms with van der Waals surface area (Å²) < 4.78 is 11.0. The second-order valence-electron chi connectivity index (χ2n) is 7.67. The highest BCUT2D eigenvalue weighted by Gasteiger charge is 2.42. The number of ketones is 1. The van der Waals surface area contributed by atoms with E-state index < -0.39 is 11.5 Å². The predicted octanol–water partition coefficient (Wildman–Crippen LogP) is 4.97. The topological polar surface area (TPSA) is 68.5 Å². The Hall–Kier alpha value is -4.12. The van der Waals surface area contributed by atoms with Gasteiger partial charge in [-0.2, -0.15) is 0 Å². The summed E-state index contributed by atoms with van der Waals surface area (Å²) in [6.45, 7) is 0. The van der Waals surface area contributed by atoms with Crippen LogP contribution in [0.2, 0.25) is 0 Å². The minimum Gasteiger partial charge on any atom is -0.497 e. The van der Waals surface area contributed by atoms with Crippen molar-refractivity contribution in [3.8, 4) is 5.75 Å². The molecule has 3 aromatic carbocycles. The van der Waals surface area contributed by atoms with Crippen LogP contribution in [0.4, 0.5) is 5.69 Å². The van der Waals surface area contributed by atoms with E-state index in [0.717, 1.165) is 22.2 Å². The normalized spacial score (nSPS) is 16.5. The lowest BCUT2D eigenvalue weighted by atomic mass is 9.80. The van der Waals surface area contributed by atoms with Crippen LogP contribution in [0.3, 0.4) is 0 Å². The number of fused-ring (bicyclic) bond motifs is 5. The maximum Gasteiger partial charge on any atom is 0.342 e. The molecule has 0 spiro atoms. The second kappa shape index (κ2) is 6.44. The van der Waals surface area contributed by atoms with Gasteiger partial charge in [-0.15, -0.1) is 0 Å². The molecule has 1 atom stereocenters. The van der Waals surface area contributed by atoms with Crippen LogP contribution in [-0.4, -0.2) is 12.9 Å². The number of rotatable bonds is 2. The summed E-state index contributed by atoms with van der Waals surface area (Å²) in [4.78, 5) is 26.7. The molecule has 0 saturated carbocycles. The molecule has 1 unspecified atom stereocenters. The van der Waals surface area contributed by atoms with Crippen molar-refractivity contribution in [1.29, 1.82) is 0 Å². The third kappa shape index (κ3) is 2.43. The zero-order valence-electron chi connectivity index (χ0n) is 16.6. The Labute approximate surface area is 177 Å². The van der Waals surface area contributed by atoms with Gasteiger partial charge in [-0.1, -0.05) is 48.5 Å². The first-order valence-corrected chi connectivity index (χ1v) is 10.0. The van der Waals surface area contributed by atoms with Gasteiger partial charge in [0, 0.05) is 28.0 Å². The number of ether oxygens (including phenoxy) is 1. The molecule has 0 radical (unpaired) electrons. The van der Waals surface area contributed by atoms with Gasteiger partial charge in [0.15, 0.2) is 5.78 Å². The fourth-order valence-electron chi connectivity index (χ4n) is 4.67. The quantitative estimate of drug-likeness (QED) is 0.476. The smallest absolute Gasteiger partial charge is 0.342 e. The molecule has 31 heavy (non-hydrogen) atoms. The molecular formula is C26H17NO4. The number of benzene rings is 3. The molecule has 1 aromatic heterocycles. The Morgan fingerprint density at radius 2 is 1.58 bits per heavy atom. The molecule has 2 aliphatic rings. The lowest BCUT2D eigenvalue weighted by Gasteiger charge is -2.28. The third-order valence-electron chi connectivity index (χ3n) is 6.08. The van der Waals surface area contributed by atoms with Crippen LogP contribution in [0, 0.1) is 0 Å². The standard InChI is InChI=1S/C26H17NO4/c1-30-15-12-10-14(11-13-15)20-21-23(16-6-2-3-7-17(16)25(21)28)27-24-18-8-4-5-9-19(18)31-26(29)22(20)24/h2-13,20,27H,1H3. The molecular weight excluding hydrogens is 390 g/mol. The minimum absolute atomic E-state index is 0.0721. The van der Waals surface area contributed by atoms with Crippen molar-refractivity contribution in [3.63, 3.8) is 0 Å². The lowest BCUT2D eigenvalue weighted by Crippen LogP contribution is -2.25. The monoisotopic (exact) mass is 407 g/mol. The summed E-state index contributed by atoms with van der Waals surface area (Å²) in [5.74, 6) is 0.0914. The van der Waals surface area contributed by atoms with Crippen LogP contribution in [0.1, 0.15) is 33.0 Å². The minimum atomic E-state index is -0.544. The molecule has 0 saturated heterocycles. The van der Waals surface area contributed by atoms with Crippen molar-refractivity contribution in [2.75, 3.05) is 12.4 Å². The number of carbonyl (C=O) groups is 1. The molecule has 5 heteroatoms. The average Bonchev–Trinajstić information content (AvgIpc) is 3.10. The van der Waals surface area contributed by atoms with Gasteiger partial charge in [-0.25, -0.2) is 4.79 Å². The van der Waals surface area contributed by atoms with E-state index in [2.05, 4.69) is 5.32 Å². The van der Waals surface area contributed by atoms with E-state index >= 15 is 0 Å². The first-order chi connectivity index (χ1) is 15.2. The van der Waals surface area contributed by atoms with Crippen LogP contribution in [0.15, 0.2) is 87.6 Å². The number of para-hydroxylation sites is 1. The van der Waals surface area contributed by atoms with Gasteiger partial charge >= 0.3 is 5.63 Å². The van der Waals surface area contributed by atoms with Gasteiger partial charge in [0.05, 0.1) is 24.1 Å². The Morgan fingerprint density at radius 1 is 0.871 bits per heavy atom. The van der Waals surface area contributed by atoms with E-state index in [1.54, 1.807) is 13.2 Å². The SMILES string of the molecule is COc1ccc(C2C3=C(Nc4c2c(=O)oc2ccccc42)c2ccccc2C3=O)cc1. The van der Waals surface area contributed by atoms with Crippen molar-refractivity contribution in [2.24, 2.45) is 0 Å². The number of methoxy groups -OCH3 is 1. The van der Waals surface area contributed by atoms with Crippen molar-refractivity contribution in [2.45, 2.75) is 5.92 Å². The molecule has 150 valence electrons. The highest BCUT2D eigenvalue weighted by molar-refractivity contribution is 6.24. The highest BCUT2D eigenvalue weighted by atomic mass is 16.5. The number of hydrogen-bond acceptors (Lipinski definition) is 5. The zero-order chi connectivity index (χ0) is 21.1. The van der Waals surface area contributed by atoms with E-state index in [1.807, 2.05) is 66.7 Å². The van der Waals surface area contributed by atoms with E-state index in [-0.39, 0.29) is 5.78 Å². The summed E-state index contributed by atoms with van der Waals surface area (Å²) in [5, 5.41) is 4.23. The Kier molecular flexibility index (Phi) is 3.68. The summed E-state index contributed by atoms with van der Waals surface area (Å²) in [6.07, 6.45) is 0. The molecule has 5 nitrogen and oxygen atoms in total. The predicted molar refractivity (Wildman–Crippen MR) is 119 cm³/mol. The zero-order valence-corrected chi connectivity index (χ0v) is 16.6. The van der Waals surface area contributed by atoms with Gasteiger partial charge in [0.2, 0.25) is 0 Å². The summed E-state index contributed by atoms with van der Waals surface area (Å²) in [6, 6.07) is 22.4. The first kappa shape index (κ1) is 17.7. The van der Waals surface area contributed by atoms with E-state index in [0.29, 0.717) is 33.7 Å². The summed E-state index contributed by atoms with van der Waals surface area (Å²) in [7, 11) is 1.60. The molecule has 0 bridgehead atoms. The Morgan fingerprint density at radius 3 is 2.35 bits per heavy atom. The summed E-state index contributed by atoms with van der Waals surface area (Å²) >= 11 is 0. The number of nitrogens with one attached hydrogen (secondary N) is 1. The fourth-order valence-corrected chi connectivity index (χ4v) is 4.67. The third-order valence-corrected chi connectivity index (χ3v) is 6.08. The average molecular weight is 407 g/mol. The molecule has 0 amide bonds. The van der Waals surface area contributed by atoms with E-state index in [4.69, 9.17) is 9.15 Å². The van der Waals surface area contributed by atoms with Crippen molar-refractivity contribution in [3.05, 3.63) is 111 Å². The van der Waals surface area contributed by atoms with Crippen LogP contribution >= 0.6 is 0 Å². The molecule has 1 aliphatic heterocycles. The van der Waals surface area contributed by atoms with Crippen molar-refractivity contribution >= 4 is 28.1 Å². The van der Waals surface area contributed by atoms with Crippen LogP contribution in [0.25, 0.3) is 16.7 Å². The summed E-state index contributed by atoms with van der Waals surface area (Å²) in [5.41, 5.74) is 4.85. The van der Waals surface area contributed by atoms with Gasteiger partial charge in [-0.05, 0) is 29.8 Å². The number of allylic oxidation sites excluding steroid dienone is 1. The number of Topliss-reactive ketones (excluding diaryl/α,β-unsaturated/α-hetero) is 1. The number of carbonyl (C=O) groups excluding carboxylic acids is 1. The maximum absolute atomic E-state index is 13.5. The van der Waals surface area contributed by atoms with Crippen molar-refractivity contribution < 1.29 is 13.9 Å². The number of anilines is 1. The Balaban J connectivity index is 1.69. The van der Waals surface area contributed by atoms with Crippen molar-refractivity contribution in [1.82, 2.24) is 0 Å². The van der Waals surface area contributed by atoms with Crippen LogP contribution < -0.4 is 15.7 Å². The lowest BCUT2D eigenvalue weighted by molar-refractivity contribution is 0.103. The van der Waals surface area contributed by atoms with Gasteiger partial charge in [-0.3, -0.25) is 4.79 Å². The molecule has 1 aliphatic carbocycles. The molecule has 6 rings (SSSR count). The van der Waals surface area contributed by atoms with Gasteiger partial charge in [0.1, 0.15) is 11.3 Å². The van der Waals surface area contributed by atoms with Gasteiger partial charge in [0.25, 0.3) is 0 Å². The van der Waals surface area contributed by atoms with Crippen LogP contribution in [0.5, 0.6) is 5.75 Å². The molecule has 4 aromatic rings. The Bertz CT molecular complexity index is 1480. The van der Waals surface area contributed by atoms with E-state index in [1.165, 1.54) is 0 Å². The van der Waals surface area contributed by atoms with E-state index in [9.17, 15) is 9.59 Å². The van der Waals surface area contributed by atoms with Gasteiger partial charge < -0.3 is 14.5 Å². The van der Waals surface area contributed by atoms with Crippen LogP contribution in [-0.2, 0) is 0 Å². The molecule has 1 N–H and O–H groups in total. The fraction of sp³-hybridized carbons (Fsp3) is 0.0769. The number of hydrogen-bond donors (Lipinski definition) is 1. The highest BCUT2D eigenvalue weighted by Crippen LogP contribution is 2.49. The first-order valence-electron chi connectivity index (χ1n) is 10.0. The largest absolute Gasteiger partial charge is 0.497 e. The molecule has 2 heterocycles. The second-order valence-corrected chi connectivity index (χ2v) is 7.67.